The Labute approximate surface area is 130 Å². The van der Waals surface area contributed by atoms with E-state index < -0.39 is 0 Å². The molecule has 0 spiro atoms. The summed E-state index contributed by atoms with van der Waals surface area (Å²) in [5.74, 6) is 0. The summed E-state index contributed by atoms with van der Waals surface area (Å²) in [7, 11) is 2.15. The summed E-state index contributed by atoms with van der Waals surface area (Å²) in [6.07, 6.45) is 4.47. The van der Waals surface area contributed by atoms with E-state index in [4.69, 9.17) is 0 Å². The first kappa shape index (κ1) is 14.1. The average Bonchev–Trinajstić information content (AvgIpc) is 2.84. The molecule has 1 N–H and O–H groups in total. The molecule has 2 nitrogen and oxygen atoms in total. The molecule has 0 aliphatic carbocycles. The van der Waals surface area contributed by atoms with Crippen LogP contribution in [0.4, 0.5) is 11.4 Å². The van der Waals surface area contributed by atoms with E-state index in [1.54, 1.807) is 0 Å². The van der Waals surface area contributed by atoms with Crippen LogP contribution in [0.1, 0.15) is 12.5 Å². The number of anilines is 2. The average molecular weight is 296 g/mol. The molecular weight excluding hydrogens is 276 g/mol. The molecule has 1 heterocycles. The third-order valence-electron chi connectivity index (χ3n) is 3.62. The highest BCUT2D eigenvalue weighted by Gasteiger charge is 2.24. The van der Waals surface area contributed by atoms with E-state index in [9.17, 15) is 0 Å². The van der Waals surface area contributed by atoms with Crippen molar-refractivity contribution in [3.63, 3.8) is 0 Å². The maximum Gasteiger partial charge on any atom is 0.0983 e. The fraction of sp³-hybridized carbons (Fsp3) is 0.222. The van der Waals surface area contributed by atoms with Crippen LogP contribution in [0, 0.1) is 0 Å². The number of nitrogens with one attached hydrogen (secondary N) is 1. The van der Waals surface area contributed by atoms with Crippen molar-refractivity contribution in [2.45, 2.75) is 17.2 Å². The minimum Gasteiger partial charge on any atom is -0.385 e. The van der Waals surface area contributed by atoms with Crippen molar-refractivity contribution in [1.29, 1.82) is 0 Å². The Balaban J connectivity index is 1.70. The number of para-hydroxylation sites is 1. The van der Waals surface area contributed by atoms with Crippen LogP contribution in [-0.2, 0) is 0 Å². The Kier molecular flexibility index (Phi) is 4.20. The van der Waals surface area contributed by atoms with Crippen LogP contribution in [0.5, 0.6) is 0 Å². The highest BCUT2D eigenvalue weighted by molar-refractivity contribution is 8.00. The third-order valence-corrected chi connectivity index (χ3v) is 4.93. The van der Waals surface area contributed by atoms with Gasteiger partial charge in [-0.15, -0.1) is 0 Å². The summed E-state index contributed by atoms with van der Waals surface area (Å²) in [5.41, 5.74) is 3.73. The first-order valence-electron chi connectivity index (χ1n) is 7.28. The normalized spacial score (nSPS) is 17.2. The zero-order valence-corrected chi connectivity index (χ0v) is 13.2. The number of nitrogens with zero attached hydrogens (tertiary/aromatic N) is 1. The molecule has 0 radical (unpaired) electrons. The van der Waals surface area contributed by atoms with Crippen LogP contribution in [0.15, 0.2) is 59.5 Å². The lowest BCUT2D eigenvalue weighted by Crippen LogP contribution is -2.21. The van der Waals surface area contributed by atoms with Gasteiger partial charge in [-0.3, -0.25) is 0 Å². The van der Waals surface area contributed by atoms with Crippen LogP contribution >= 0.6 is 11.8 Å². The van der Waals surface area contributed by atoms with Crippen molar-refractivity contribution >= 4 is 29.2 Å². The Bertz CT molecular complexity index is 634. The lowest BCUT2D eigenvalue weighted by molar-refractivity contribution is 0.993. The van der Waals surface area contributed by atoms with E-state index in [1.165, 1.54) is 21.8 Å². The Morgan fingerprint density at radius 1 is 1.14 bits per heavy atom. The first-order valence-corrected chi connectivity index (χ1v) is 8.16. The molecule has 108 valence electrons. The van der Waals surface area contributed by atoms with Gasteiger partial charge in [0.05, 0.1) is 11.1 Å². The molecule has 0 fully saturated rings. The van der Waals surface area contributed by atoms with Gasteiger partial charge in [0.1, 0.15) is 0 Å². The number of hydrogen-bond acceptors (Lipinski definition) is 3. The zero-order chi connectivity index (χ0) is 14.7. The van der Waals surface area contributed by atoms with Gasteiger partial charge in [0, 0.05) is 24.2 Å². The van der Waals surface area contributed by atoms with Crippen LogP contribution < -0.4 is 10.2 Å². The van der Waals surface area contributed by atoms with E-state index in [0.29, 0.717) is 5.37 Å². The quantitative estimate of drug-likeness (QED) is 0.880. The number of benzene rings is 2. The van der Waals surface area contributed by atoms with Crippen molar-refractivity contribution < 1.29 is 0 Å². The second-order valence-corrected chi connectivity index (χ2v) is 6.26. The molecule has 0 saturated carbocycles. The van der Waals surface area contributed by atoms with E-state index in [1.807, 2.05) is 11.8 Å². The fourth-order valence-electron chi connectivity index (χ4n) is 2.47. The van der Waals surface area contributed by atoms with Crippen LogP contribution in [-0.4, -0.2) is 19.0 Å². The van der Waals surface area contributed by atoms with Crippen molar-refractivity contribution in [3.8, 4) is 0 Å². The highest BCUT2D eigenvalue weighted by atomic mass is 32.2. The zero-order valence-electron chi connectivity index (χ0n) is 12.4. The van der Waals surface area contributed by atoms with Crippen molar-refractivity contribution in [2.24, 2.45) is 0 Å². The maximum absolute atomic E-state index is 3.31. The van der Waals surface area contributed by atoms with Gasteiger partial charge in [0.2, 0.25) is 0 Å². The lowest BCUT2D eigenvalue weighted by atomic mass is 10.2. The highest BCUT2D eigenvalue weighted by Crippen LogP contribution is 2.42. The minimum atomic E-state index is 0.371. The fourth-order valence-corrected chi connectivity index (χ4v) is 3.65. The van der Waals surface area contributed by atoms with E-state index in [2.05, 4.69) is 84.9 Å². The topological polar surface area (TPSA) is 15.3 Å². The standard InChI is InChI=1S/C18H20N2S/c1-3-19-15-11-8-14(9-12-15)10-13-18-20(2)16-6-4-5-7-17(16)21-18/h4-13,18-19H,3H2,1-2H3. The number of hydrogen-bond donors (Lipinski definition) is 1. The van der Waals surface area contributed by atoms with Crippen molar-refractivity contribution in [3.05, 3.63) is 60.2 Å². The molecule has 2 aromatic carbocycles. The predicted molar refractivity (Wildman–Crippen MR) is 94.1 cm³/mol. The van der Waals surface area contributed by atoms with Crippen molar-refractivity contribution in [2.75, 3.05) is 23.8 Å². The molecule has 2 aromatic rings. The smallest absolute Gasteiger partial charge is 0.0983 e. The molecular formula is C18H20N2S. The van der Waals surface area contributed by atoms with E-state index in [-0.39, 0.29) is 0 Å². The molecule has 1 aliphatic rings. The van der Waals surface area contributed by atoms with Gasteiger partial charge in [0.15, 0.2) is 0 Å². The van der Waals surface area contributed by atoms with Crippen LogP contribution in [0.3, 0.4) is 0 Å². The van der Waals surface area contributed by atoms with Crippen LogP contribution in [0.25, 0.3) is 6.08 Å². The molecule has 21 heavy (non-hydrogen) atoms. The number of fused-ring (bicyclic) bond motifs is 1. The molecule has 1 atom stereocenters. The van der Waals surface area contributed by atoms with Crippen LogP contribution in [0.2, 0.25) is 0 Å². The number of likely N-dealkylation sites (N-methyl/N-ethyl adjacent to an activating group) is 1. The van der Waals surface area contributed by atoms with Gasteiger partial charge in [-0.05, 0) is 36.8 Å². The summed E-state index contributed by atoms with van der Waals surface area (Å²) < 4.78 is 0. The molecule has 0 bridgehead atoms. The van der Waals surface area contributed by atoms with Gasteiger partial charge in [-0.2, -0.15) is 0 Å². The van der Waals surface area contributed by atoms with Gasteiger partial charge in [0.25, 0.3) is 0 Å². The Hall–Kier alpha value is -1.87. The number of thioether (sulfide) groups is 1. The summed E-state index contributed by atoms with van der Waals surface area (Å²) in [6.45, 7) is 3.07. The number of rotatable bonds is 4. The molecule has 0 amide bonds. The molecule has 0 saturated heterocycles. The predicted octanol–water partition coefficient (Wildman–Crippen LogP) is 4.70. The summed E-state index contributed by atoms with van der Waals surface area (Å²) >= 11 is 1.90. The monoisotopic (exact) mass is 296 g/mol. The molecule has 3 rings (SSSR count). The van der Waals surface area contributed by atoms with Crippen molar-refractivity contribution in [1.82, 2.24) is 0 Å². The van der Waals surface area contributed by atoms with Gasteiger partial charge in [-0.25, -0.2) is 0 Å². The summed E-state index contributed by atoms with van der Waals surface area (Å²) in [6, 6.07) is 17.1. The summed E-state index contributed by atoms with van der Waals surface area (Å²) in [4.78, 5) is 3.68. The van der Waals surface area contributed by atoms with Gasteiger partial charge < -0.3 is 10.2 Å². The maximum atomic E-state index is 3.31. The third kappa shape index (κ3) is 3.08. The molecule has 3 heteroatoms. The minimum absolute atomic E-state index is 0.371. The van der Waals surface area contributed by atoms with Gasteiger partial charge in [-0.1, -0.05) is 48.2 Å². The lowest BCUT2D eigenvalue weighted by Gasteiger charge is -2.18. The van der Waals surface area contributed by atoms with E-state index in [0.717, 1.165) is 6.54 Å². The SMILES string of the molecule is CCNc1ccc(C=CC2Sc3ccccc3N2C)cc1. The molecule has 1 unspecified atom stereocenters. The van der Waals surface area contributed by atoms with E-state index >= 15 is 0 Å². The second kappa shape index (κ2) is 6.27. The second-order valence-electron chi connectivity index (χ2n) is 5.10. The summed E-state index contributed by atoms with van der Waals surface area (Å²) in [5, 5.41) is 3.69. The first-order chi connectivity index (χ1) is 10.3. The molecule has 1 aliphatic heterocycles. The Morgan fingerprint density at radius 2 is 1.90 bits per heavy atom. The Morgan fingerprint density at radius 3 is 2.62 bits per heavy atom. The largest absolute Gasteiger partial charge is 0.385 e. The van der Waals surface area contributed by atoms with Gasteiger partial charge >= 0.3 is 0 Å². The molecule has 0 aromatic heterocycles.